The van der Waals surface area contributed by atoms with Crippen LogP contribution in [-0.4, -0.2) is 22.1 Å². The molecule has 0 amide bonds. The molecule has 0 saturated carbocycles. The Morgan fingerprint density at radius 2 is 1.58 bits per heavy atom. The fraction of sp³-hybridized carbons (Fsp3) is 1.00. The molecule has 0 radical (unpaired) electrons. The molecule has 0 heterocycles. The standard InChI is InChI=1S/C7H14F4Si/c1-2-6(8,9)5-7(10,11)3-4-12/h2-5H2,1,12H3. The zero-order valence-corrected chi connectivity index (χ0v) is 9.34. The summed E-state index contributed by atoms with van der Waals surface area (Å²) < 4.78 is 50.3. The lowest BCUT2D eigenvalue weighted by Crippen LogP contribution is -2.28. The molecule has 0 atom stereocenters. The highest BCUT2D eigenvalue weighted by Crippen LogP contribution is 2.35. The SMILES string of the molecule is CCC(F)(F)CC(F)(F)CC[SiH3]. The van der Waals surface area contributed by atoms with E-state index in [1.165, 1.54) is 6.92 Å². The summed E-state index contributed by atoms with van der Waals surface area (Å²) in [5, 5.41) is 0. The lowest BCUT2D eigenvalue weighted by Gasteiger charge is -2.21. The molecule has 74 valence electrons. The van der Waals surface area contributed by atoms with Crippen LogP contribution < -0.4 is 0 Å². The smallest absolute Gasteiger partial charge is 0.207 e. The van der Waals surface area contributed by atoms with E-state index in [0.717, 1.165) is 0 Å². The van der Waals surface area contributed by atoms with Crippen molar-refractivity contribution in [1.29, 1.82) is 0 Å². The zero-order valence-electron chi connectivity index (χ0n) is 7.34. The molecule has 0 rings (SSSR count). The van der Waals surface area contributed by atoms with Crippen LogP contribution >= 0.6 is 0 Å². The summed E-state index contributed by atoms with van der Waals surface area (Å²) in [6.07, 6.45) is -2.20. The minimum atomic E-state index is -3.21. The van der Waals surface area contributed by atoms with Gasteiger partial charge >= 0.3 is 0 Å². The van der Waals surface area contributed by atoms with Crippen molar-refractivity contribution in [3.8, 4) is 0 Å². The van der Waals surface area contributed by atoms with Gasteiger partial charge in [0.2, 0.25) is 0 Å². The molecule has 0 nitrogen and oxygen atoms in total. The molecule has 0 aliphatic heterocycles. The van der Waals surface area contributed by atoms with E-state index < -0.39 is 31.1 Å². The Hall–Kier alpha value is -0.0631. The molecule has 0 bridgehead atoms. The largest absolute Gasteiger partial charge is 0.253 e. The average molecular weight is 202 g/mol. The van der Waals surface area contributed by atoms with Crippen molar-refractivity contribution in [3.63, 3.8) is 0 Å². The van der Waals surface area contributed by atoms with Crippen molar-refractivity contribution in [2.45, 2.75) is 44.1 Å². The number of halogens is 4. The van der Waals surface area contributed by atoms with Crippen LogP contribution in [0.1, 0.15) is 26.2 Å². The predicted octanol–water partition coefficient (Wildman–Crippen LogP) is 2.23. The van der Waals surface area contributed by atoms with Gasteiger partial charge in [0.05, 0.1) is 6.42 Å². The Labute approximate surface area is 72.8 Å². The predicted molar refractivity (Wildman–Crippen MR) is 44.2 cm³/mol. The normalized spacial score (nSPS) is 13.8. The van der Waals surface area contributed by atoms with Gasteiger partial charge in [0.1, 0.15) is 0 Å². The Morgan fingerprint density at radius 3 is 1.92 bits per heavy atom. The first-order valence-electron chi connectivity index (χ1n) is 4.08. The van der Waals surface area contributed by atoms with E-state index in [4.69, 9.17) is 0 Å². The Bertz CT molecular complexity index is 135. The fourth-order valence-corrected chi connectivity index (χ4v) is 1.69. The highest BCUT2D eigenvalue weighted by Gasteiger charge is 2.40. The van der Waals surface area contributed by atoms with Crippen molar-refractivity contribution < 1.29 is 17.6 Å². The molecule has 12 heavy (non-hydrogen) atoms. The summed E-state index contributed by atoms with van der Waals surface area (Å²) >= 11 is 0. The molecule has 0 unspecified atom stereocenters. The van der Waals surface area contributed by atoms with E-state index in [0.29, 0.717) is 16.3 Å². The minimum Gasteiger partial charge on any atom is -0.207 e. The molecule has 0 aliphatic carbocycles. The van der Waals surface area contributed by atoms with Crippen molar-refractivity contribution in [1.82, 2.24) is 0 Å². The summed E-state index contributed by atoms with van der Waals surface area (Å²) in [6.45, 7) is 1.22. The van der Waals surface area contributed by atoms with E-state index in [-0.39, 0.29) is 0 Å². The van der Waals surface area contributed by atoms with Crippen LogP contribution in [0.3, 0.4) is 0 Å². The molecule has 0 spiro atoms. The van der Waals surface area contributed by atoms with Crippen LogP contribution in [-0.2, 0) is 0 Å². The van der Waals surface area contributed by atoms with Crippen LogP contribution in [0.5, 0.6) is 0 Å². The molecule has 0 aromatic carbocycles. The second-order valence-corrected chi connectivity index (χ2v) is 3.99. The maximum absolute atomic E-state index is 12.6. The first kappa shape index (κ1) is 11.9. The second-order valence-electron chi connectivity index (χ2n) is 2.99. The van der Waals surface area contributed by atoms with Gasteiger partial charge in [-0.25, -0.2) is 17.6 Å². The summed E-state index contributed by atoms with van der Waals surface area (Å²) in [5.41, 5.74) is 0. The molecule has 0 aromatic rings. The maximum atomic E-state index is 12.6. The summed E-state index contributed by atoms with van der Waals surface area (Å²) in [5.74, 6) is -6.39. The Balaban J connectivity index is 4.04. The maximum Gasteiger partial charge on any atom is 0.253 e. The van der Waals surface area contributed by atoms with Gasteiger partial charge in [-0.1, -0.05) is 13.0 Å². The molecular formula is C7H14F4Si. The van der Waals surface area contributed by atoms with Gasteiger partial charge in [-0.15, -0.1) is 0 Å². The first-order chi connectivity index (χ1) is 5.33. The van der Waals surface area contributed by atoms with Crippen molar-refractivity contribution in [2.75, 3.05) is 0 Å². The molecule has 5 heteroatoms. The second kappa shape index (κ2) is 4.25. The third-order valence-corrected chi connectivity index (χ3v) is 2.15. The molecule has 0 aromatic heterocycles. The molecule has 0 saturated heterocycles. The molecule has 0 aliphatic rings. The summed E-state index contributed by atoms with van der Waals surface area (Å²) in [7, 11) is 0.638. The minimum absolute atomic E-state index is 0.368. The topological polar surface area (TPSA) is 0 Å². The third kappa shape index (κ3) is 4.74. The fourth-order valence-electron chi connectivity index (χ4n) is 0.958. The lowest BCUT2D eigenvalue weighted by molar-refractivity contribution is -0.113. The quantitative estimate of drug-likeness (QED) is 0.474. The van der Waals surface area contributed by atoms with Gasteiger partial charge in [-0.3, -0.25) is 0 Å². The first-order valence-corrected chi connectivity index (χ1v) is 5.50. The van der Waals surface area contributed by atoms with Gasteiger partial charge in [0, 0.05) is 23.1 Å². The van der Waals surface area contributed by atoms with Crippen LogP contribution in [0.2, 0.25) is 6.04 Å². The van der Waals surface area contributed by atoms with Gasteiger partial charge in [0.15, 0.2) is 0 Å². The van der Waals surface area contributed by atoms with Crippen molar-refractivity contribution in [2.24, 2.45) is 0 Å². The van der Waals surface area contributed by atoms with Gasteiger partial charge in [-0.05, 0) is 0 Å². The van der Waals surface area contributed by atoms with Gasteiger partial charge in [-0.2, -0.15) is 0 Å². The zero-order chi connectivity index (χ0) is 9.83. The highest BCUT2D eigenvalue weighted by molar-refractivity contribution is 6.08. The van der Waals surface area contributed by atoms with Gasteiger partial charge < -0.3 is 0 Å². The number of hydrogen-bond acceptors (Lipinski definition) is 0. The van der Waals surface area contributed by atoms with Crippen LogP contribution in [0, 0.1) is 0 Å². The summed E-state index contributed by atoms with van der Waals surface area (Å²) in [4.78, 5) is 0. The Kier molecular flexibility index (Phi) is 4.23. The van der Waals surface area contributed by atoms with E-state index in [1.807, 2.05) is 0 Å². The number of hydrogen-bond donors (Lipinski definition) is 0. The average Bonchev–Trinajstić information content (AvgIpc) is 1.85. The molecule has 0 fully saturated rings. The molecule has 0 N–H and O–H groups in total. The van der Waals surface area contributed by atoms with E-state index >= 15 is 0 Å². The van der Waals surface area contributed by atoms with Crippen LogP contribution in [0.25, 0.3) is 0 Å². The summed E-state index contributed by atoms with van der Waals surface area (Å²) in [6, 6.07) is 0.368. The van der Waals surface area contributed by atoms with Crippen LogP contribution in [0.4, 0.5) is 17.6 Å². The van der Waals surface area contributed by atoms with E-state index in [1.54, 1.807) is 0 Å². The van der Waals surface area contributed by atoms with Gasteiger partial charge in [0.25, 0.3) is 11.8 Å². The van der Waals surface area contributed by atoms with Crippen LogP contribution in [0.15, 0.2) is 0 Å². The monoisotopic (exact) mass is 202 g/mol. The highest BCUT2D eigenvalue weighted by atomic mass is 28.1. The van der Waals surface area contributed by atoms with E-state index in [2.05, 4.69) is 0 Å². The van der Waals surface area contributed by atoms with Crippen molar-refractivity contribution in [3.05, 3.63) is 0 Å². The molecular weight excluding hydrogens is 188 g/mol. The number of alkyl halides is 4. The van der Waals surface area contributed by atoms with E-state index in [9.17, 15) is 17.6 Å². The van der Waals surface area contributed by atoms with Crippen molar-refractivity contribution >= 4 is 10.2 Å². The third-order valence-electron chi connectivity index (χ3n) is 1.65. The lowest BCUT2D eigenvalue weighted by atomic mass is 10.1. The number of rotatable bonds is 5. The Morgan fingerprint density at radius 1 is 1.08 bits per heavy atom.